The number of nitro groups is 2. The number of ether oxygens (including phenoxy) is 2. The van der Waals surface area contributed by atoms with Gasteiger partial charge in [0, 0.05) is 78.6 Å². The van der Waals surface area contributed by atoms with Crippen molar-refractivity contribution in [1.82, 2.24) is 20.0 Å². The van der Waals surface area contributed by atoms with Gasteiger partial charge in [-0.1, -0.05) is 6.92 Å². The van der Waals surface area contributed by atoms with Crippen LogP contribution in [0.2, 0.25) is 0 Å². The molecule has 55 heavy (non-hydrogen) atoms. The van der Waals surface area contributed by atoms with E-state index < -0.39 is 52.0 Å². The molecule has 6 rings (SSSR count). The molecular weight excluding hydrogens is 740 g/mol. The number of amides is 3. The third-order valence-electron chi connectivity index (χ3n) is 10.6. The van der Waals surface area contributed by atoms with Crippen LogP contribution in [0, 0.1) is 32.1 Å². The van der Waals surface area contributed by atoms with Gasteiger partial charge in [-0.05, 0) is 61.6 Å². The van der Waals surface area contributed by atoms with Crippen molar-refractivity contribution in [2.45, 2.75) is 75.8 Å². The van der Waals surface area contributed by atoms with Crippen LogP contribution in [0.15, 0.2) is 59.1 Å². The number of thioether (sulfide) groups is 1. The second-order valence-corrected chi connectivity index (χ2v) is 15.6. The van der Waals surface area contributed by atoms with Crippen LogP contribution in [0.25, 0.3) is 0 Å². The van der Waals surface area contributed by atoms with Crippen molar-refractivity contribution in [1.29, 1.82) is 0 Å². The molecule has 3 saturated heterocycles. The fourth-order valence-electron chi connectivity index (χ4n) is 7.78. The maximum absolute atomic E-state index is 13.6. The van der Waals surface area contributed by atoms with E-state index in [1.807, 2.05) is 6.92 Å². The van der Waals surface area contributed by atoms with E-state index in [0.29, 0.717) is 54.9 Å². The van der Waals surface area contributed by atoms with E-state index in [2.05, 4.69) is 10.2 Å². The number of nitro benzene ring substituents is 2. The Morgan fingerprint density at radius 3 is 2.05 bits per heavy atom. The van der Waals surface area contributed by atoms with Gasteiger partial charge in [0.15, 0.2) is 0 Å². The van der Waals surface area contributed by atoms with Crippen LogP contribution in [0.3, 0.4) is 0 Å². The number of aliphatic carboxylic acids is 1. The molecule has 4 aliphatic rings. The van der Waals surface area contributed by atoms with Crippen molar-refractivity contribution in [3.8, 4) is 0 Å². The normalized spacial score (nSPS) is 24.6. The molecule has 2 aromatic rings. The van der Waals surface area contributed by atoms with Crippen LogP contribution in [-0.4, -0.2) is 114 Å². The first-order chi connectivity index (χ1) is 26.2. The summed E-state index contributed by atoms with van der Waals surface area (Å²) in [7, 11) is 0. The summed E-state index contributed by atoms with van der Waals surface area (Å²) in [5, 5.41) is 45.0. The van der Waals surface area contributed by atoms with E-state index in [4.69, 9.17) is 9.47 Å². The molecule has 2 aromatic carbocycles. The number of nitrogens with one attached hydrogen (secondary N) is 1. The van der Waals surface area contributed by atoms with E-state index in [0.717, 1.165) is 0 Å². The highest BCUT2D eigenvalue weighted by Gasteiger charge is 2.60. The van der Waals surface area contributed by atoms with Gasteiger partial charge in [0.05, 0.1) is 27.9 Å². The predicted octanol–water partition coefficient (Wildman–Crippen LogP) is 3.86. The maximum atomic E-state index is 13.6. The molecule has 4 heterocycles. The lowest BCUT2D eigenvalue weighted by atomic mass is 9.79. The number of aliphatic hydroxyl groups excluding tert-OH is 1. The number of rotatable bonds is 13. The quantitative estimate of drug-likeness (QED) is 0.149. The van der Waals surface area contributed by atoms with Gasteiger partial charge < -0.3 is 39.7 Å². The summed E-state index contributed by atoms with van der Waals surface area (Å²) in [6.45, 7) is 5.17. The molecule has 0 spiro atoms. The molecular formula is C36H42N6O12S. The summed E-state index contributed by atoms with van der Waals surface area (Å²) in [5.41, 5.74) is 0.950. The Labute approximate surface area is 319 Å². The maximum Gasteiger partial charge on any atom is 0.410 e. The number of benzene rings is 2. The van der Waals surface area contributed by atoms with E-state index in [9.17, 15) is 49.6 Å². The summed E-state index contributed by atoms with van der Waals surface area (Å²) in [6.07, 6.45) is -0.379. The molecule has 6 atom stereocenters. The Morgan fingerprint density at radius 1 is 0.964 bits per heavy atom. The zero-order chi connectivity index (χ0) is 39.6. The molecule has 19 heteroatoms. The largest absolute Gasteiger partial charge is 0.477 e. The third kappa shape index (κ3) is 8.68. The minimum absolute atomic E-state index is 0.0422. The van der Waals surface area contributed by atoms with E-state index >= 15 is 0 Å². The number of carboxylic acid groups (broad SMARTS) is 1. The Hall–Kier alpha value is -5.27. The molecule has 4 aliphatic heterocycles. The molecule has 0 aromatic heterocycles. The van der Waals surface area contributed by atoms with Crippen molar-refractivity contribution in [2.24, 2.45) is 11.8 Å². The van der Waals surface area contributed by atoms with Crippen LogP contribution in [0.4, 0.5) is 21.0 Å². The number of carboxylic acids is 1. The van der Waals surface area contributed by atoms with Gasteiger partial charge in [-0.3, -0.25) is 25.0 Å². The standard InChI is InChI=1S/C36H42N6O12S/c1-20-30-29(21(2)43)33(44)40(30)31(34(45)46)32(20)55-28-15-27(39(17-28)36(48)54-19-23-5-9-26(10-6-23)42(51)52)16-38-13-11-24(12-14-38)37-35(47)53-18-22-3-7-25(8-4-22)41(49)50/h3-10,20-21,24,27-30,43H,11-19H2,1-2H3,(H,37,47)(H,45,46)/t20-,21-,27+,28+,29-,30-/m1/s1. The highest BCUT2D eigenvalue weighted by atomic mass is 32.2. The van der Waals surface area contributed by atoms with Crippen molar-refractivity contribution in [3.63, 3.8) is 0 Å². The number of hydrogen-bond acceptors (Lipinski definition) is 13. The predicted molar refractivity (Wildman–Crippen MR) is 195 cm³/mol. The number of β-lactam (4-membered cyclic amide) rings is 1. The summed E-state index contributed by atoms with van der Waals surface area (Å²) in [5.74, 6) is -2.67. The zero-order valence-electron chi connectivity index (χ0n) is 30.1. The zero-order valence-corrected chi connectivity index (χ0v) is 31.0. The number of carbonyl (C=O) groups is 4. The van der Waals surface area contributed by atoms with E-state index in [1.165, 1.54) is 72.1 Å². The lowest BCUT2D eigenvalue weighted by molar-refractivity contribution is -0.385. The SMILES string of the molecule is C[C@@H](O)[C@H]1C(=O)N2C(C(=O)O)=C(S[C@H]3C[C@@H](CN4CCC(NC(=O)OCc5ccc([N+](=O)[O-])cc5)CC4)N(C(=O)OCc4ccc([N+](=O)[O-])cc4)C3)[C@H](C)[C@H]12. The van der Waals surface area contributed by atoms with Crippen molar-refractivity contribution in [2.75, 3.05) is 26.2 Å². The summed E-state index contributed by atoms with van der Waals surface area (Å²) < 4.78 is 11.0. The van der Waals surface area contributed by atoms with Gasteiger partial charge in [-0.15, -0.1) is 11.8 Å². The second-order valence-electron chi connectivity index (χ2n) is 14.3. The first-order valence-electron chi connectivity index (χ1n) is 17.9. The van der Waals surface area contributed by atoms with Crippen molar-refractivity contribution < 1.29 is 48.7 Å². The van der Waals surface area contributed by atoms with Gasteiger partial charge >= 0.3 is 18.2 Å². The summed E-state index contributed by atoms with van der Waals surface area (Å²) >= 11 is 1.34. The number of piperidine rings is 1. The van der Waals surface area contributed by atoms with Gasteiger partial charge in [-0.25, -0.2) is 14.4 Å². The Balaban J connectivity index is 1.08. The number of aliphatic hydroxyl groups is 1. The monoisotopic (exact) mass is 782 g/mol. The number of hydrogen-bond donors (Lipinski definition) is 3. The van der Waals surface area contributed by atoms with Gasteiger partial charge in [-0.2, -0.15) is 0 Å². The van der Waals surface area contributed by atoms with Crippen molar-refractivity contribution in [3.05, 3.63) is 90.5 Å². The molecule has 3 N–H and O–H groups in total. The number of non-ortho nitro benzene ring substituents is 2. The van der Waals surface area contributed by atoms with Gasteiger partial charge in [0.1, 0.15) is 18.9 Å². The average molecular weight is 783 g/mol. The molecule has 0 saturated carbocycles. The lowest BCUT2D eigenvalue weighted by Crippen LogP contribution is -2.63. The molecule has 0 radical (unpaired) electrons. The minimum atomic E-state index is -1.23. The Kier molecular flexibility index (Phi) is 11.9. The molecule has 18 nitrogen and oxygen atoms in total. The minimum Gasteiger partial charge on any atom is -0.477 e. The average Bonchev–Trinajstić information content (AvgIpc) is 3.66. The fourth-order valence-corrected chi connectivity index (χ4v) is 9.35. The Morgan fingerprint density at radius 2 is 1.53 bits per heavy atom. The molecule has 3 amide bonds. The highest BCUT2D eigenvalue weighted by Crippen LogP contribution is 2.52. The molecule has 0 unspecified atom stereocenters. The number of alkyl carbamates (subject to hydrolysis) is 1. The van der Waals surface area contributed by atoms with Crippen LogP contribution in [-0.2, 0) is 32.3 Å². The van der Waals surface area contributed by atoms with Crippen molar-refractivity contribution >= 4 is 47.2 Å². The number of carbonyl (C=O) groups excluding carboxylic acids is 3. The first kappa shape index (κ1) is 39.4. The lowest BCUT2D eigenvalue weighted by Gasteiger charge is -2.46. The number of likely N-dealkylation sites (tertiary alicyclic amines) is 2. The van der Waals surface area contributed by atoms with E-state index in [-0.39, 0.29) is 60.1 Å². The van der Waals surface area contributed by atoms with Crippen LogP contribution >= 0.6 is 11.8 Å². The van der Waals surface area contributed by atoms with Crippen LogP contribution in [0.1, 0.15) is 44.2 Å². The molecule has 0 aliphatic carbocycles. The smallest absolute Gasteiger partial charge is 0.410 e. The van der Waals surface area contributed by atoms with Crippen LogP contribution in [0.5, 0.6) is 0 Å². The first-order valence-corrected chi connectivity index (χ1v) is 18.8. The Bertz CT molecular complexity index is 1850. The molecule has 294 valence electrons. The molecule has 3 fully saturated rings. The highest BCUT2D eigenvalue weighted by molar-refractivity contribution is 8.03. The van der Waals surface area contributed by atoms with Gasteiger partial charge in [0.25, 0.3) is 11.4 Å². The number of nitrogens with zero attached hydrogens (tertiary/aromatic N) is 5. The topological polar surface area (TPSA) is 235 Å². The van der Waals surface area contributed by atoms with Crippen LogP contribution < -0.4 is 5.32 Å². The second kappa shape index (κ2) is 16.6. The van der Waals surface area contributed by atoms with E-state index in [1.54, 1.807) is 4.90 Å². The van der Waals surface area contributed by atoms with Gasteiger partial charge in [0.2, 0.25) is 5.91 Å². The molecule has 0 bridgehead atoms. The fraction of sp³-hybridized carbons (Fsp3) is 0.500. The third-order valence-corrected chi connectivity index (χ3v) is 12.1. The number of fused-ring (bicyclic) bond motifs is 1. The summed E-state index contributed by atoms with van der Waals surface area (Å²) in [6, 6.07) is 10.5. The summed E-state index contributed by atoms with van der Waals surface area (Å²) in [4.78, 5) is 78.0.